The fourth-order valence-electron chi connectivity index (χ4n) is 4.78. The van der Waals surface area contributed by atoms with E-state index in [-0.39, 0.29) is 6.03 Å². The largest absolute Gasteiger partial charge is 0.331 e. The van der Waals surface area contributed by atoms with Crippen LogP contribution in [0.15, 0.2) is 16.2 Å². The fraction of sp³-hybridized carbons (Fsp3) is 0.600. The normalized spacial score (nSPS) is 20.5. The third-order valence-electron chi connectivity index (χ3n) is 6.35. The molecular weight excluding hydrogens is 424 g/mol. The number of aryl methyl sites for hydroxylation is 1. The first-order valence-electron chi connectivity index (χ1n) is 10.0. The Labute approximate surface area is 172 Å². The summed E-state index contributed by atoms with van der Waals surface area (Å²) >= 11 is 5.44. The maximum absolute atomic E-state index is 13.0. The minimum atomic E-state index is 0.213. The highest BCUT2D eigenvalue weighted by Crippen LogP contribution is 2.33. The van der Waals surface area contributed by atoms with Crippen molar-refractivity contribution in [2.24, 2.45) is 0 Å². The molecule has 1 aliphatic carbocycles. The van der Waals surface area contributed by atoms with E-state index in [2.05, 4.69) is 42.1 Å². The van der Waals surface area contributed by atoms with E-state index >= 15 is 0 Å². The molecule has 5 nitrogen and oxygen atoms in total. The number of piperidine rings is 1. The summed E-state index contributed by atoms with van der Waals surface area (Å²) in [5.74, 6) is 0. The summed E-state index contributed by atoms with van der Waals surface area (Å²) < 4.78 is 3.58. The third-order valence-corrected chi connectivity index (χ3v) is 8.45. The number of carbonyl (C=O) groups is 1. The highest BCUT2D eigenvalue weighted by Gasteiger charge is 2.31. The van der Waals surface area contributed by atoms with Gasteiger partial charge in [0.25, 0.3) is 0 Å². The Bertz CT molecular complexity index is 852. The molecule has 1 fully saturated rings. The zero-order valence-electron chi connectivity index (χ0n) is 15.5. The van der Waals surface area contributed by atoms with Crippen LogP contribution in [0.2, 0.25) is 0 Å². The molecule has 0 spiro atoms. The van der Waals surface area contributed by atoms with Gasteiger partial charge in [-0.25, -0.2) is 9.78 Å². The van der Waals surface area contributed by atoms with Crippen LogP contribution in [0.5, 0.6) is 0 Å². The molecule has 3 aliphatic rings. The Morgan fingerprint density at radius 3 is 2.78 bits per heavy atom. The first kappa shape index (κ1) is 17.7. The molecule has 2 aromatic rings. The van der Waals surface area contributed by atoms with Crippen LogP contribution in [0, 0.1) is 0 Å². The predicted octanol–water partition coefficient (Wildman–Crippen LogP) is 4.40. The lowest BCUT2D eigenvalue weighted by molar-refractivity contribution is 0.129. The van der Waals surface area contributed by atoms with Gasteiger partial charge >= 0.3 is 6.03 Å². The SMILES string of the molecule is O=C(N1CCC(n2cnc3c2CCCC3)CC1)N1CCc2scc(Br)c2C1. The number of aromatic nitrogens is 2. The van der Waals surface area contributed by atoms with Gasteiger partial charge in [-0.1, -0.05) is 0 Å². The lowest BCUT2D eigenvalue weighted by atomic mass is 9.99. The maximum atomic E-state index is 13.0. The topological polar surface area (TPSA) is 41.4 Å². The number of rotatable bonds is 1. The number of hydrogen-bond acceptors (Lipinski definition) is 3. The number of urea groups is 1. The van der Waals surface area contributed by atoms with Gasteiger partial charge in [-0.3, -0.25) is 0 Å². The third kappa shape index (κ3) is 3.23. The van der Waals surface area contributed by atoms with Crippen molar-refractivity contribution in [1.82, 2.24) is 19.4 Å². The molecule has 0 aromatic carbocycles. The number of imidazole rings is 1. The van der Waals surface area contributed by atoms with Crippen LogP contribution < -0.4 is 0 Å². The van der Waals surface area contributed by atoms with Crippen LogP contribution in [-0.2, 0) is 25.8 Å². The predicted molar refractivity (Wildman–Crippen MR) is 110 cm³/mol. The molecule has 2 aromatic heterocycles. The average Bonchev–Trinajstić information content (AvgIpc) is 3.31. The number of hydrogen-bond donors (Lipinski definition) is 0. The molecule has 0 saturated carbocycles. The molecular formula is C20H25BrN4OS. The number of thiophene rings is 1. The van der Waals surface area contributed by atoms with E-state index in [4.69, 9.17) is 0 Å². The number of carbonyl (C=O) groups excluding carboxylic acids is 1. The zero-order chi connectivity index (χ0) is 18.4. The molecule has 2 aliphatic heterocycles. The van der Waals surface area contributed by atoms with Crippen LogP contribution in [0.4, 0.5) is 4.79 Å². The number of amides is 2. The standard InChI is InChI=1S/C20H25BrN4OS/c21-16-12-27-19-7-10-24(11-15(16)19)20(26)23-8-5-14(6-9-23)25-13-22-17-3-1-2-4-18(17)25/h12-14H,1-11H2. The Balaban J connectivity index is 1.23. The molecule has 144 valence electrons. The molecule has 0 unspecified atom stereocenters. The van der Waals surface area contributed by atoms with Crippen LogP contribution in [-0.4, -0.2) is 45.0 Å². The van der Waals surface area contributed by atoms with Crippen LogP contribution >= 0.6 is 27.3 Å². The van der Waals surface area contributed by atoms with E-state index < -0.39 is 0 Å². The summed E-state index contributed by atoms with van der Waals surface area (Å²) in [4.78, 5) is 23.2. The van der Waals surface area contributed by atoms with Crippen LogP contribution in [0.25, 0.3) is 0 Å². The lowest BCUT2D eigenvalue weighted by Gasteiger charge is -2.38. The molecule has 5 rings (SSSR count). The van der Waals surface area contributed by atoms with Gasteiger partial charge in [0.1, 0.15) is 0 Å². The van der Waals surface area contributed by atoms with Crippen LogP contribution in [0.1, 0.15) is 53.6 Å². The number of likely N-dealkylation sites (tertiary alicyclic amines) is 1. The highest BCUT2D eigenvalue weighted by atomic mass is 79.9. The van der Waals surface area contributed by atoms with E-state index in [1.54, 1.807) is 11.3 Å². The first-order valence-corrected chi connectivity index (χ1v) is 11.7. The van der Waals surface area contributed by atoms with Crippen molar-refractivity contribution in [2.45, 2.75) is 57.5 Å². The monoisotopic (exact) mass is 448 g/mol. The molecule has 2 amide bonds. The van der Waals surface area contributed by atoms with Crippen molar-refractivity contribution in [3.8, 4) is 0 Å². The van der Waals surface area contributed by atoms with Gasteiger partial charge < -0.3 is 14.4 Å². The first-order chi connectivity index (χ1) is 13.2. The highest BCUT2D eigenvalue weighted by molar-refractivity contribution is 9.10. The number of fused-ring (bicyclic) bond motifs is 2. The van der Waals surface area contributed by atoms with E-state index in [1.807, 2.05) is 4.90 Å². The molecule has 0 radical (unpaired) electrons. The van der Waals surface area contributed by atoms with Gasteiger partial charge in [0, 0.05) is 52.6 Å². The second-order valence-electron chi connectivity index (χ2n) is 7.91. The second-order valence-corrected chi connectivity index (χ2v) is 9.73. The quantitative estimate of drug-likeness (QED) is 0.648. The summed E-state index contributed by atoms with van der Waals surface area (Å²) in [6.07, 6.45) is 9.97. The Hall–Kier alpha value is -1.34. The summed E-state index contributed by atoms with van der Waals surface area (Å²) in [5.41, 5.74) is 4.07. The van der Waals surface area contributed by atoms with E-state index in [1.165, 1.54) is 41.1 Å². The minimum Gasteiger partial charge on any atom is -0.331 e. The van der Waals surface area contributed by atoms with Gasteiger partial charge in [0.2, 0.25) is 0 Å². The summed E-state index contributed by atoms with van der Waals surface area (Å²) in [5, 5.41) is 2.15. The Morgan fingerprint density at radius 1 is 1.11 bits per heavy atom. The number of nitrogens with zero attached hydrogens (tertiary/aromatic N) is 4. The van der Waals surface area contributed by atoms with Crippen molar-refractivity contribution >= 4 is 33.3 Å². The summed E-state index contributed by atoms with van der Waals surface area (Å²) in [7, 11) is 0. The van der Waals surface area contributed by atoms with Crippen LogP contribution in [0.3, 0.4) is 0 Å². The molecule has 0 atom stereocenters. The van der Waals surface area contributed by atoms with Crippen molar-refractivity contribution in [1.29, 1.82) is 0 Å². The van der Waals surface area contributed by atoms with Crippen molar-refractivity contribution in [2.75, 3.05) is 19.6 Å². The number of halogens is 1. The van der Waals surface area contributed by atoms with E-state index in [9.17, 15) is 4.79 Å². The molecule has 7 heteroatoms. The van der Waals surface area contributed by atoms with Gasteiger partial charge in [-0.05, 0) is 66.4 Å². The minimum absolute atomic E-state index is 0.213. The summed E-state index contributed by atoms with van der Waals surface area (Å²) in [6, 6.07) is 0.715. The fourth-order valence-corrected chi connectivity index (χ4v) is 6.47. The average molecular weight is 449 g/mol. The van der Waals surface area contributed by atoms with Crippen molar-refractivity contribution < 1.29 is 4.79 Å². The molecule has 27 heavy (non-hydrogen) atoms. The van der Waals surface area contributed by atoms with Gasteiger partial charge in [0.15, 0.2) is 0 Å². The smallest absolute Gasteiger partial charge is 0.320 e. The molecule has 0 bridgehead atoms. The Morgan fingerprint density at radius 2 is 1.93 bits per heavy atom. The zero-order valence-corrected chi connectivity index (χ0v) is 17.9. The van der Waals surface area contributed by atoms with Crippen molar-refractivity contribution in [3.05, 3.63) is 38.0 Å². The molecule has 1 saturated heterocycles. The van der Waals surface area contributed by atoms with Gasteiger partial charge in [-0.2, -0.15) is 0 Å². The molecule has 0 N–H and O–H groups in total. The second kappa shape index (κ2) is 7.24. The van der Waals surface area contributed by atoms with Gasteiger partial charge in [-0.15, -0.1) is 11.3 Å². The lowest BCUT2D eigenvalue weighted by Crippen LogP contribution is -2.48. The van der Waals surface area contributed by atoms with E-state index in [0.29, 0.717) is 6.04 Å². The van der Waals surface area contributed by atoms with Gasteiger partial charge in [0.05, 0.1) is 12.0 Å². The maximum Gasteiger partial charge on any atom is 0.320 e. The molecule has 4 heterocycles. The Kier molecular flexibility index (Phi) is 4.76. The summed E-state index contributed by atoms with van der Waals surface area (Å²) in [6.45, 7) is 3.29. The van der Waals surface area contributed by atoms with Crippen molar-refractivity contribution in [3.63, 3.8) is 0 Å². The van der Waals surface area contributed by atoms with E-state index in [0.717, 1.165) is 56.3 Å².